The number of aromatic nitrogens is 3. The van der Waals surface area contributed by atoms with Gasteiger partial charge in [0.1, 0.15) is 0 Å². The molecular weight excluding hydrogens is 516 g/mol. The van der Waals surface area contributed by atoms with Crippen LogP contribution in [0.4, 0.5) is 5.69 Å². The largest absolute Gasteiger partial charge is 0.352 e. The van der Waals surface area contributed by atoms with Crippen LogP contribution in [0.5, 0.6) is 0 Å². The van der Waals surface area contributed by atoms with Gasteiger partial charge in [0.25, 0.3) is 0 Å². The second kappa shape index (κ2) is 10.9. The summed E-state index contributed by atoms with van der Waals surface area (Å²) >= 11 is 5.85. The number of nitrogens with one attached hydrogen (secondary N) is 2. The molecule has 8 heteroatoms. The molecule has 0 spiro atoms. The van der Waals surface area contributed by atoms with Crippen molar-refractivity contribution in [2.45, 2.75) is 32.4 Å². The lowest BCUT2D eigenvalue weighted by Crippen LogP contribution is -2.33. The molecule has 2 N–H and O–H groups in total. The van der Waals surface area contributed by atoms with E-state index in [9.17, 15) is 4.79 Å². The fourth-order valence-corrected chi connectivity index (χ4v) is 6.06. The van der Waals surface area contributed by atoms with Crippen LogP contribution in [0.25, 0.3) is 16.5 Å². The monoisotopic (exact) mass is 546 g/mol. The summed E-state index contributed by atoms with van der Waals surface area (Å²) in [4.78, 5) is 24.3. The molecule has 0 aliphatic carbocycles. The molecule has 0 unspecified atom stereocenters. The molecule has 0 saturated carbocycles. The number of fused-ring (bicyclic) bond motifs is 1. The third-order valence-corrected chi connectivity index (χ3v) is 7.89. The number of hydrogen-bond acceptors (Lipinski definition) is 4. The van der Waals surface area contributed by atoms with Crippen molar-refractivity contribution in [3.8, 4) is 5.69 Å². The van der Waals surface area contributed by atoms with E-state index in [2.05, 4.69) is 56.0 Å². The Hall–Kier alpha value is -4.56. The summed E-state index contributed by atoms with van der Waals surface area (Å²) < 4.78 is 2.21. The SMILES string of the molecule is Cc1cc([C@H]2[C@@H](c3ccccn3)NC(=S)N2CCC(=O)Nc2cccc3ccccc23)c(C)n1-c1cccnc1. The van der Waals surface area contributed by atoms with E-state index in [4.69, 9.17) is 12.2 Å². The molecule has 1 amide bonds. The Balaban J connectivity index is 1.30. The summed E-state index contributed by atoms with van der Waals surface area (Å²) in [6, 6.07) is 25.8. The Bertz CT molecular complexity index is 1680. The van der Waals surface area contributed by atoms with Crippen LogP contribution in [0, 0.1) is 13.8 Å². The van der Waals surface area contributed by atoms with Gasteiger partial charge in [-0.05, 0) is 73.4 Å². The Morgan fingerprint density at radius 3 is 2.62 bits per heavy atom. The maximum Gasteiger partial charge on any atom is 0.226 e. The molecule has 7 nitrogen and oxygen atoms in total. The Labute approximate surface area is 238 Å². The highest BCUT2D eigenvalue weighted by atomic mass is 32.1. The minimum atomic E-state index is -0.155. The highest BCUT2D eigenvalue weighted by molar-refractivity contribution is 7.80. The van der Waals surface area contributed by atoms with Gasteiger partial charge >= 0.3 is 0 Å². The first-order valence-electron chi connectivity index (χ1n) is 13.4. The molecule has 5 aromatic rings. The van der Waals surface area contributed by atoms with E-state index >= 15 is 0 Å². The van der Waals surface area contributed by atoms with E-state index < -0.39 is 0 Å². The highest BCUT2D eigenvalue weighted by Crippen LogP contribution is 2.41. The molecule has 3 aromatic heterocycles. The Morgan fingerprint density at radius 2 is 1.82 bits per heavy atom. The minimum Gasteiger partial charge on any atom is -0.352 e. The zero-order valence-electron chi connectivity index (χ0n) is 22.4. The Kier molecular flexibility index (Phi) is 7.00. The van der Waals surface area contributed by atoms with Crippen LogP contribution in [0.2, 0.25) is 0 Å². The van der Waals surface area contributed by atoms with Crippen molar-refractivity contribution in [1.82, 2.24) is 24.8 Å². The molecule has 40 heavy (non-hydrogen) atoms. The average molecular weight is 547 g/mol. The molecule has 4 heterocycles. The third kappa shape index (κ3) is 4.82. The lowest BCUT2D eigenvalue weighted by molar-refractivity contribution is -0.116. The maximum absolute atomic E-state index is 13.2. The summed E-state index contributed by atoms with van der Waals surface area (Å²) in [5.74, 6) is -0.0555. The standard InChI is InChI=1S/C32H30N6OS/c1-21-19-26(22(2)38(21)24-11-8-16-33-20-24)31-30(28-13-5-6-17-34-28)36-32(40)37(31)18-15-29(39)35-27-14-7-10-23-9-3-4-12-25(23)27/h3-14,16-17,19-20,30-31H,15,18H2,1-2H3,(H,35,39)(H,36,40)/t30-,31+/m1/s1. The van der Waals surface area contributed by atoms with Gasteiger partial charge in [-0.25, -0.2) is 0 Å². The van der Waals surface area contributed by atoms with Crippen LogP contribution >= 0.6 is 12.2 Å². The lowest BCUT2D eigenvalue weighted by Gasteiger charge is -2.28. The van der Waals surface area contributed by atoms with Crippen LogP contribution in [-0.4, -0.2) is 37.0 Å². The summed E-state index contributed by atoms with van der Waals surface area (Å²) in [6.45, 7) is 4.69. The molecule has 0 bridgehead atoms. The number of thiocarbonyl (C=S) groups is 1. The lowest BCUT2D eigenvalue weighted by atomic mass is 9.96. The number of carbonyl (C=O) groups excluding carboxylic acids is 1. The number of amides is 1. The first kappa shape index (κ1) is 25.7. The Morgan fingerprint density at radius 1 is 1.00 bits per heavy atom. The van der Waals surface area contributed by atoms with Crippen molar-refractivity contribution in [3.05, 3.63) is 120 Å². The predicted octanol–water partition coefficient (Wildman–Crippen LogP) is 6.04. The van der Waals surface area contributed by atoms with Gasteiger partial charge in [0.05, 0.1) is 29.7 Å². The predicted molar refractivity (Wildman–Crippen MR) is 162 cm³/mol. The van der Waals surface area contributed by atoms with Crippen molar-refractivity contribution in [1.29, 1.82) is 0 Å². The molecule has 0 radical (unpaired) electrons. The number of benzene rings is 2. The third-order valence-electron chi connectivity index (χ3n) is 7.53. The molecule has 6 rings (SSSR count). The molecule has 1 saturated heterocycles. The maximum atomic E-state index is 13.2. The molecule has 1 fully saturated rings. The number of anilines is 1. The average Bonchev–Trinajstić information content (AvgIpc) is 3.47. The van der Waals surface area contributed by atoms with Crippen molar-refractivity contribution in [2.75, 3.05) is 11.9 Å². The van der Waals surface area contributed by atoms with Crippen molar-refractivity contribution >= 4 is 39.7 Å². The highest BCUT2D eigenvalue weighted by Gasteiger charge is 2.41. The number of nitrogens with zero attached hydrogens (tertiary/aromatic N) is 4. The van der Waals surface area contributed by atoms with Crippen LogP contribution < -0.4 is 10.6 Å². The topological polar surface area (TPSA) is 75.1 Å². The molecule has 200 valence electrons. The van der Waals surface area contributed by atoms with Gasteiger partial charge in [0, 0.05) is 47.8 Å². The zero-order valence-corrected chi connectivity index (χ0v) is 23.2. The van der Waals surface area contributed by atoms with Gasteiger partial charge in [0.15, 0.2) is 5.11 Å². The molecule has 1 aliphatic heterocycles. The zero-order chi connectivity index (χ0) is 27.6. The molecule has 2 atom stereocenters. The number of carbonyl (C=O) groups is 1. The number of rotatable bonds is 7. The fourth-order valence-electron chi connectivity index (χ4n) is 5.72. The van der Waals surface area contributed by atoms with Crippen molar-refractivity contribution < 1.29 is 4.79 Å². The number of hydrogen-bond donors (Lipinski definition) is 2. The van der Waals surface area contributed by atoms with Crippen LogP contribution in [0.3, 0.4) is 0 Å². The van der Waals surface area contributed by atoms with E-state index in [0.717, 1.165) is 44.8 Å². The van der Waals surface area contributed by atoms with E-state index in [-0.39, 0.29) is 24.4 Å². The summed E-state index contributed by atoms with van der Waals surface area (Å²) in [7, 11) is 0. The number of pyridine rings is 2. The smallest absolute Gasteiger partial charge is 0.226 e. The number of aryl methyl sites for hydroxylation is 1. The van der Waals surface area contributed by atoms with Crippen LogP contribution in [0.15, 0.2) is 97.5 Å². The molecule has 2 aromatic carbocycles. The summed E-state index contributed by atoms with van der Waals surface area (Å²) in [6.07, 6.45) is 5.74. The summed E-state index contributed by atoms with van der Waals surface area (Å²) in [5, 5.41) is 9.35. The van der Waals surface area contributed by atoms with Crippen LogP contribution in [0.1, 0.15) is 41.1 Å². The molecular formula is C32H30N6OS. The van der Waals surface area contributed by atoms with Gasteiger partial charge in [0.2, 0.25) is 5.91 Å². The first-order valence-corrected chi connectivity index (χ1v) is 13.8. The fraction of sp³-hybridized carbons (Fsp3) is 0.188. The van der Waals surface area contributed by atoms with E-state index in [1.54, 1.807) is 12.4 Å². The van der Waals surface area contributed by atoms with Gasteiger partial charge in [-0.2, -0.15) is 0 Å². The second-order valence-corrected chi connectivity index (χ2v) is 10.4. The van der Waals surface area contributed by atoms with Crippen LogP contribution in [-0.2, 0) is 4.79 Å². The summed E-state index contributed by atoms with van der Waals surface area (Å²) in [5.41, 5.74) is 6.07. The van der Waals surface area contributed by atoms with Gasteiger partial charge in [-0.15, -0.1) is 0 Å². The van der Waals surface area contributed by atoms with Crippen molar-refractivity contribution in [2.24, 2.45) is 0 Å². The minimum absolute atomic E-state index is 0.0555. The van der Waals surface area contributed by atoms with Gasteiger partial charge in [-0.3, -0.25) is 14.8 Å². The van der Waals surface area contributed by atoms with Gasteiger partial charge < -0.3 is 20.1 Å². The van der Waals surface area contributed by atoms with Gasteiger partial charge in [-0.1, -0.05) is 42.5 Å². The first-order chi connectivity index (χ1) is 19.5. The van der Waals surface area contributed by atoms with Crippen molar-refractivity contribution in [3.63, 3.8) is 0 Å². The second-order valence-electron chi connectivity index (χ2n) is 10.0. The van der Waals surface area contributed by atoms with E-state index in [1.165, 1.54) is 0 Å². The quantitative estimate of drug-likeness (QED) is 0.243. The normalized spacial score (nSPS) is 16.8. The van der Waals surface area contributed by atoms with E-state index in [1.807, 2.05) is 72.9 Å². The molecule has 1 aliphatic rings. The van der Waals surface area contributed by atoms with E-state index in [0.29, 0.717) is 11.7 Å².